The third kappa shape index (κ3) is 3.35. The van der Waals surface area contributed by atoms with Gasteiger partial charge in [-0.25, -0.2) is 0 Å². The minimum absolute atomic E-state index is 0.0944. The molecule has 7 nitrogen and oxygen atoms in total. The third-order valence-electron chi connectivity index (χ3n) is 9.81. The lowest BCUT2D eigenvalue weighted by Gasteiger charge is -2.61. The fourth-order valence-electron chi connectivity index (χ4n) is 7.36. The number of carbonyl (C=O) groups is 2. The summed E-state index contributed by atoms with van der Waals surface area (Å²) in [5.74, 6) is -0.752. The molecular weight excluding hydrogens is 454 g/mol. The quantitative estimate of drug-likeness (QED) is 0.280. The molecule has 0 heterocycles. The molecule has 34 heavy (non-hydrogen) atoms. The molecule has 3 N–H and O–H groups in total. The Bertz CT molecular complexity index is 1110. The number of thioether (sulfide) groups is 1. The summed E-state index contributed by atoms with van der Waals surface area (Å²) in [6.07, 6.45) is 3.75. The van der Waals surface area contributed by atoms with Crippen molar-refractivity contribution in [2.24, 2.45) is 34.0 Å². The van der Waals surface area contributed by atoms with Gasteiger partial charge >= 0.3 is 5.97 Å². The van der Waals surface area contributed by atoms with Crippen LogP contribution in [0.4, 0.5) is 5.69 Å². The van der Waals surface area contributed by atoms with E-state index in [4.69, 9.17) is 10.5 Å². The van der Waals surface area contributed by atoms with E-state index in [9.17, 15) is 24.3 Å². The van der Waals surface area contributed by atoms with Gasteiger partial charge in [0.15, 0.2) is 0 Å². The van der Waals surface area contributed by atoms with Gasteiger partial charge in [-0.2, -0.15) is 0 Å². The average Bonchev–Trinajstić information content (AvgIpc) is 3.17. The molecule has 3 saturated carbocycles. The molecule has 2 bridgehead atoms. The highest BCUT2D eigenvalue weighted by Gasteiger charge is 2.68. The monoisotopic (exact) mass is 489 g/mol. The van der Waals surface area contributed by atoms with Crippen molar-refractivity contribution in [1.82, 2.24) is 0 Å². The first-order valence-corrected chi connectivity index (χ1v) is 13.1. The predicted octanol–water partition coefficient (Wildman–Crippen LogP) is 2.86. The molecule has 8 heteroatoms. The zero-order chi connectivity index (χ0) is 25.2. The Labute approximate surface area is 204 Å². The van der Waals surface area contributed by atoms with Crippen LogP contribution >= 0.6 is 11.8 Å². The molecule has 1 aromatic rings. The van der Waals surface area contributed by atoms with Crippen LogP contribution in [-0.2, 0) is 14.3 Å². The van der Waals surface area contributed by atoms with Crippen LogP contribution < -0.4 is 16.6 Å². The number of anilines is 1. The first kappa shape index (κ1) is 25.2. The SMILES string of the molecule is C=C[C@]1(C)C[C@@H](OC(=O)CSc2c(N)c(=O)c2=O)[C@]2(C)[C@H](C)CC[C@]3(CCC(=O)[C@H]32)[C@@H](C)[C@@H]1O. The van der Waals surface area contributed by atoms with E-state index in [-0.39, 0.29) is 45.3 Å². The molecule has 3 aliphatic rings. The van der Waals surface area contributed by atoms with E-state index >= 15 is 0 Å². The molecule has 8 atom stereocenters. The second-order valence-electron chi connectivity index (χ2n) is 11.3. The fraction of sp³-hybridized carbons (Fsp3) is 0.692. The summed E-state index contributed by atoms with van der Waals surface area (Å²) >= 11 is 0.911. The number of ether oxygens (including phenoxy) is 1. The molecule has 3 fully saturated rings. The van der Waals surface area contributed by atoms with Crippen molar-refractivity contribution in [2.75, 3.05) is 11.5 Å². The van der Waals surface area contributed by atoms with Crippen LogP contribution in [0.25, 0.3) is 0 Å². The molecule has 0 spiro atoms. The molecule has 0 aliphatic heterocycles. The Morgan fingerprint density at radius 3 is 2.53 bits per heavy atom. The number of hydrogen-bond donors (Lipinski definition) is 2. The number of esters is 1. The first-order valence-electron chi connectivity index (χ1n) is 12.1. The zero-order valence-electron chi connectivity index (χ0n) is 20.4. The third-order valence-corrected chi connectivity index (χ3v) is 10.9. The van der Waals surface area contributed by atoms with Crippen molar-refractivity contribution in [1.29, 1.82) is 0 Å². The molecule has 0 aromatic heterocycles. The molecule has 0 unspecified atom stereocenters. The van der Waals surface area contributed by atoms with Gasteiger partial charge in [0.1, 0.15) is 17.6 Å². The number of Topliss-reactive ketones (excluding diaryl/α,β-unsaturated/α-hetero) is 1. The zero-order valence-corrected chi connectivity index (χ0v) is 21.2. The molecule has 3 aliphatic carbocycles. The van der Waals surface area contributed by atoms with E-state index in [0.29, 0.717) is 12.8 Å². The topological polar surface area (TPSA) is 124 Å². The second kappa shape index (κ2) is 8.33. The van der Waals surface area contributed by atoms with Crippen LogP contribution in [0.3, 0.4) is 0 Å². The van der Waals surface area contributed by atoms with Crippen molar-refractivity contribution < 1.29 is 19.4 Å². The maximum absolute atomic E-state index is 13.4. The fourth-order valence-corrected chi connectivity index (χ4v) is 8.16. The van der Waals surface area contributed by atoms with E-state index in [1.807, 2.05) is 6.92 Å². The Hall–Kier alpha value is -1.93. The number of ketones is 1. The van der Waals surface area contributed by atoms with Gasteiger partial charge < -0.3 is 15.6 Å². The number of aliphatic hydroxyl groups excluding tert-OH is 1. The first-order chi connectivity index (χ1) is 15.8. The minimum atomic E-state index is -0.726. The summed E-state index contributed by atoms with van der Waals surface area (Å²) in [6.45, 7) is 12.2. The Morgan fingerprint density at radius 1 is 1.24 bits per heavy atom. The highest BCUT2D eigenvalue weighted by atomic mass is 32.2. The highest BCUT2D eigenvalue weighted by molar-refractivity contribution is 8.00. The maximum atomic E-state index is 13.4. The molecule has 0 amide bonds. The molecule has 0 radical (unpaired) electrons. The van der Waals surface area contributed by atoms with Crippen molar-refractivity contribution in [3.63, 3.8) is 0 Å². The number of hydrogen-bond acceptors (Lipinski definition) is 8. The van der Waals surface area contributed by atoms with E-state index < -0.39 is 39.9 Å². The number of aliphatic hydroxyl groups is 1. The molecular formula is C26H35NO6S. The van der Waals surface area contributed by atoms with Gasteiger partial charge in [0, 0.05) is 23.2 Å². The van der Waals surface area contributed by atoms with Crippen molar-refractivity contribution in [3.05, 3.63) is 33.1 Å². The number of nitrogen functional groups attached to an aromatic ring is 1. The summed E-state index contributed by atoms with van der Waals surface area (Å²) in [7, 11) is 0. The summed E-state index contributed by atoms with van der Waals surface area (Å²) in [6, 6.07) is 0. The lowest BCUT2D eigenvalue weighted by Crippen LogP contribution is -2.63. The minimum Gasteiger partial charge on any atom is -0.461 e. The number of carbonyl (C=O) groups excluding carboxylic acids is 2. The van der Waals surface area contributed by atoms with Crippen LogP contribution in [0, 0.1) is 34.0 Å². The summed E-state index contributed by atoms with van der Waals surface area (Å²) in [5, 5.41) is 11.5. The van der Waals surface area contributed by atoms with Crippen LogP contribution in [-0.4, -0.2) is 34.8 Å². The molecule has 0 saturated heterocycles. The Kier molecular flexibility index (Phi) is 6.17. The van der Waals surface area contributed by atoms with Gasteiger partial charge in [-0.3, -0.25) is 19.2 Å². The Morgan fingerprint density at radius 2 is 1.91 bits per heavy atom. The number of rotatable bonds is 5. The van der Waals surface area contributed by atoms with Gasteiger partial charge in [0.25, 0.3) is 5.43 Å². The normalized spacial score (nSPS) is 42.0. The molecule has 186 valence electrons. The average molecular weight is 490 g/mol. The van der Waals surface area contributed by atoms with Crippen molar-refractivity contribution >= 4 is 29.2 Å². The highest BCUT2D eigenvalue weighted by Crippen LogP contribution is 2.68. The van der Waals surface area contributed by atoms with Gasteiger partial charge in [-0.15, -0.1) is 18.3 Å². The Balaban J connectivity index is 1.70. The van der Waals surface area contributed by atoms with Gasteiger partial charge in [0.2, 0.25) is 5.43 Å². The van der Waals surface area contributed by atoms with Crippen molar-refractivity contribution in [2.45, 2.75) is 76.9 Å². The smallest absolute Gasteiger partial charge is 0.316 e. The van der Waals surface area contributed by atoms with Crippen LogP contribution in [0.15, 0.2) is 27.1 Å². The summed E-state index contributed by atoms with van der Waals surface area (Å²) in [5.41, 5.74) is 2.45. The van der Waals surface area contributed by atoms with E-state index in [0.717, 1.165) is 31.0 Å². The van der Waals surface area contributed by atoms with Gasteiger partial charge in [0.05, 0.1) is 16.8 Å². The maximum Gasteiger partial charge on any atom is 0.316 e. The van der Waals surface area contributed by atoms with Crippen LogP contribution in [0.1, 0.15) is 59.8 Å². The van der Waals surface area contributed by atoms with Crippen molar-refractivity contribution in [3.8, 4) is 0 Å². The largest absolute Gasteiger partial charge is 0.461 e. The molecule has 4 rings (SSSR count). The van der Waals surface area contributed by atoms with E-state index in [2.05, 4.69) is 27.4 Å². The number of nitrogens with two attached hydrogens (primary N) is 1. The molecule has 1 aromatic carbocycles. The second-order valence-corrected chi connectivity index (χ2v) is 12.2. The lowest BCUT2D eigenvalue weighted by molar-refractivity contribution is -0.205. The summed E-state index contributed by atoms with van der Waals surface area (Å²) in [4.78, 5) is 49.6. The van der Waals surface area contributed by atoms with Gasteiger partial charge in [-0.1, -0.05) is 33.8 Å². The van der Waals surface area contributed by atoms with Crippen LogP contribution in [0.2, 0.25) is 0 Å². The lowest BCUT2D eigenvalue weighted by atomic mass is 9.44. The van der Waals surface area contributed by atoms with E-state index in [1.54, 1.807) is 6.08 Å². The standard InChI is InChI=1S/C26H35NO6S/c1-6-24(4)11-16(33-17(29)12-34-21-18(27)19(30)20(21)31)25(5)13(2)7-9-26(14(3)23(24)32)10-8-15(28)22(25)26/h6,13-14,16,22-23,32H,1,7-12,27H2,2-5H3/t13-,14+,16-,22+,23+,24-,25+,26+/m1/s1. The predicted molar refractivity (Wildman–Crippen MR) is 131 cm³/mol. The van der Waals surface area contributed by atoms with Crippen LogP contribution in [0.5, 0.6) is 0 Å². The van der Waals surface area contributed by atoms with E-state index in [1.165, 1.54) is 0 Å². The summed E-state index contributed by atoms with van der Waals surface area (Å²) < 4.78 is 6.11. The van der Waals surface area contributed by atoms with Gasteiger partial charge in [-0.05, 0) is 42.9 Å².